The van der Waals surface area contributed by atoms with Crippen molar-refractivity contribution in [1.82, 2.24) is 5.32 Å². The van der Waals surface area contributed by atoms with Gasteiger partial charge in [-0.2, -0.15) is 11.8 Å². The van der Waals surface area contributed by atoms with Crippen molar-refractivity contribution in [2.75, 3.05) is 11.5 Å². The van der Waals surface area contributed by atoms with Crippen molar-refractivity contribution in [2.24, 2.45) is 0 Å². The molecule has 5 heteroatoms. The number of nitrogens with one attached hydrogen (secondary N) is 1. The molecule has 3 nitrogen and oxygen atoms in total. The van der Waals surface area contributed by atoms with Crippen molar-refractivity contribution in [3.63, 3.8) is 0 Å². The molecule has 0 aromatic heterocycles. The second kappa shape index (κ2) is 4.80. The van der Waals surface area contributed by atoms with Crippen LogP contribution in [0.1, 0.15) is 30.0 Å². The van der Waals surface area contributed by atoms with E-state index < -0.39 is 5.60 Å². The van der Waals surface area contributed by atoms with Crippen molar-refractivity contribution < 1.29 is 14.3 Å². The van der Waals surface area contributed by atoms with Gasteiger partial charge in [0.05, 0.1) is 6.04 Å². The molecular formula is C14H16FNO2S. The van der Waals surface area contributed by atoms with Crippen molar-refractivity contribution in [2.45, 2.75) is 30.9 Å². The van der Waals surface area contributed by atoms with Gasteiger partial charge in [-0.15, -0.1) is 0 Å². The maximum atomic E-state index is 13.1. The van der Waals surface area contributed by atoms with Crippen LogP contribution in [0.3, 0.4) is 0 Å². The average molecular weight is 281 g/mol. The van der Waals surface area contributed by atoms with Gasteiger partial charge in [0.15, 0.2) is 5.60 Å². The molecule has 3 rings (SSSR count). The van der Waals surface area contributed by atoms with E-state index in [9.17, 15) is 14.3 Å². The molecule has 1 fully saturated rings. The SMILES string of the molecule is O=C(NC1CCc2cc(F)ccc21)C1(O)CCSC1. The summed E-state index contributed by atoms with van der Waals surface area (Å²) in [5.74, 6) is 0.745. The van der Waals surface area contributed by atoms with Gasteiger partial charge >= 0.3 is 0 Å². The molecule has 2 atom stereocenters. The number of amides is 1. The number of carbonyl (C=O) groups excluding carboxylic acids is 1. The maximum absolute atomic E-state index is 13.1. The lowest BCUT2D eigenvalue weighted by Gasteiger charge is -2.23. The molecule has 19 heavy (non-hydrogen) atoms. The molecule has 102 valence electrons. The van der Waals surface area contributed by atoms with Crippen LogP contribution in [0.25, 0.3) is 0 Å². The number of halogens is 1. The summed E-state index contributed by atoms with van der Waals surface area (Å²) in [5.41, 5.74) is 0.704. The van der Waals surface area contributed by atoms with E-state index in [0.29, 0.717) is 12.2 Å². The van der Waals surface area contributed by atoms with Crippen molar-refractivity contribution in [3.8, 4) is 0 Å². The normalized spacial score (nSPS) is 29.3. The fraction of sp³-hybridized carbons (Fsp3) is 0.500. The van der Waals surface area contributed by atoms with Crippen molar-refractivity contribution in [1.29, 1.82) is 0 Å². The quantitative estimate of drug-likeness (QED) is 0.869. The average Bonchev–Trinajstić information content (AvgIpc) is 2.97. The Balaban J connectivity index is 1.74. The second-order valence-corrected chi connectivity index (χ2v) is 6.35. The third-order valence-electron chi connectivity index (χ3n) is 3.91. The Morgan fingerprint density at radius 2 is 2.37 bits per heavy atom. The Kier molecular flexibility index (Phi) is 3.27. The van der Waals surface area contributed by atoms with Crippen LogP contribution >= 0.6 is 11.8 Å². The third kappa shape index (κ3) is 2.37. The van der Waals surface area contributed by atoms with Crippen molar-refractivity contribution in [3.05, 3.63) is 35.1 Å². The smallest absolute Gasteiger partial charge is 0.253 e. The number of fused-ring (bicyclic) bond motifs is 1. The number of rotatable bonds is 2. The van der Waals surface area contributed by atoms with E-state index in [1.54, 1.807) is 17.8 Å². The largest absolute Gasteiger partial charge is 0.379 e. The molecule has 0 bridgehead atoms. The lowest BCUT2D eigenvalue weighted by molar-refractivity contribution is -0.138. The summed E-state index contributed by atoms with van der Waals surface area (Å²) < 4.78 is 13.1. The monoisotopic (exact) mass is 281 g/mol. The first-order valence-electron chi connectivity index (χ1n) is 6.48. The highest BCUT2D eigenvalue weighted by Gasteiger charge is 2.41. The second-order valence-electron chi connectivity index (χ2n) is 5.24. The van der Waals surface area contributed by atoms with Gasteiger partial charge in [0, 0.05) is 5.75 Å². The van der Waals surface area contributed by atoms with Gasteiger partial charge in [-0.05, 0) is 48.3 Å². The van der Waals surface area contributed by atoms with Crippen LogP contribution in [0.15, 0.2) is 18.2 Å². The first-order valence-corrected chi connectivity index (χ1v) is 7.63. The highest BCUT2D eigenvalue weighted by molar-refractivity contribution is 7.99. The molecule has 0 spiro atoms. The minimum Gasteiger partial charge on any atom is -0.379 e. The summed E-state index contributed by atoms with van der Waals surface area (Å²) in [5, 5.41) is 13.1. The molecule has 1 aromatic carbocycles. The third-order valence-corrected chi connectivity index (χ3v) is 5.09. The molecule has 1 amide bonds. The fourth-order valence-electron chi connectivity index (χ4n) is 2.76. The first kappa shape index (κ1) is 12.9. The predicted octanol–water partition coefficient (Wildman–Crippen LogP) is 1.80. The number of thioether (sulfide) groups is 1. The van der Waals surface area contributed by atoms with Gasteiger partial charge < -0.3 is 10.4 Å². The van der Waals surface area contributed by atoms with Gasteiger partial charge in [-0.3, -0.25) is 4.79 Å². The summed E-state index contributed by atoms with van der Waals surface area (Å²) in [6.07, 6.45) is 2.05. The van der Waals surface area contributed by atoms with E-state index in [4.69, 9.17) is 0 Å². The summed E-state index contributed by atoms with van der Waals surface area (Å²) in [7, 11) is 0. The Bertz CT molecular complexity index is 514. The molecule has 1 heterocycles. The zero-order valence-electron chi connectivity index (χ0n) is 10.5. The molecule has 2 N–H and O–H groups in total. The zero-order valence-corrected chi connectivity index (χ0v) is 11.3. The number of benzene rings is 1. The van der Waals surface area contributed by atoms with E-state index in [1.807, 2.05) is 0 Å². The highest BCUT2D eigenvalue weighted by Crippen LogP contribution is 2.33. The topological polar surface area (TPSA) is 49.3 Å². The van der Waals surface area contributed by atoms with Crippen LogP contribution in [0, 0.1) is 5.82 Å². The Labute approximate surface area is 115 Å². The number of aliphatic hydroxyl groups is 1. The number of aryl methyl sites for hydroxylation is 1. The molecular weight excluding hydrogens is 265 g/mol. The first-order chi connectivity index (χ1) is 9.08. The van der Waals surface area contributed by atoms with E-state index >= 15 is 0 Å². The van der Waals surface area contributed by atoms with Gasteiger partial charge in [0.25, 0.3) is 5.91 Å². The number of carbonyl (C=O) groups is 1. The Hall–Kier alpha value is -1.07. The van der Waals surface area contributed by atoms with Crippen LogP contribution in [0.5, 0.6) is 0 Å². The molecule has 2 unspecified atom stereocenters. The summed E-state index contributed by atoms with van der Waals surface area (Å²) in [6, 6.07) is 4.58. The molecule has 1 aliphatic heterocycles. The summed E-state index contributed by atoms with van der Waals surface area (Å²) in [4.78, 5) is 12.2. The van der Waals surface area contributed by atoms with E-state index in [1.165, 1.54) is 12.1 Å². The molecule has 1 saturated heterocycles. The van der Waals surface area contributed by atoms with Crippen LogP contribution in [-0.4, -0.2) is 28.1 Å². The fourth-order valence-corrected chi connectivity index (χ4v) is 4.00. The summed E-state index contributed by atoms with van der Waals surface area (Å²) >= 11 is 1.59. The van der Waals surface area contributed by atoms with E-state index in [0.717, 1.165) is 29.7 Å². The minimum atomic E-state index is -1.23. The predicted molar refractivity (Wildman–Crippen MR) is 72.5 cm³/mol. The number of hydrogen-bond acceptors (Lipinski definition) is 3. The zero-order chi connectivity index (χ0) is 13.5. The highest BCUT2D eigenvalue weighted by atomic mass is 32.2. The van der Waals surface area contributed by atoms with Crippen LogP contribution in [-0.2, 0) is 11.2 Å². The molecule has 0 saturated carbocycles. The van der Waals surface area contributed by atoms with Crippen LogP contribution in [0.2, 0.25) is 0 Å². The Morgan fingerprint density at radius 1 is 1.53 bits per heavy atom. The standard InChI is InChI=1S/C14H16FNO2S/c15-10-2-3-11-9(7-10)1-4-12(11)16-13(17)14(18)5-6-19-8-14/h2-3,7,12,18H,1,4-6,8H2,(H,16,17). The lowest BCUT2D eigenvalue weighted by atomic mass is 10.0. The molecule has 1 aliphatic carbocycles. The van der Waals surface area contributed by atoms with Gasteiger partial charge in [-0.25, -0.2) is 4.39 Å². The molecule has 0 radical (unpaired) electrons. The van der Waals surface area contributed by atoms with Crippen LogP contribution in [0.4, 0.5) is 4.39 Å². The minimum absolute atomic E-state index is 0.0993. The lowest BCUT2D eigenvalue weighted by Crippen LogP contribution is -2.47. The van der Waals surface area contributed by atoms with Gasteiger partial charge in [0.2, 0.25) is 0 Å². The van der Waals surface area contributed by atoms with Crippen LogP contribution < -0.4 is 5.32 Å². The number of hydrogen-bond donors (Lipinski definition) is 2. The Morgan fingerprint density at radius 3 is 3.11 bits per heavy atom. The van der Waals surface area contributed by atoms with Gasteiger partial charge in [-0.1, -0.05) is 6.07 Å². The van der Waals surface area contributed by atoms with E-state index in [-0.39, 0.29) is 17.8 Å². The van der Waals surface area contributed by atoms with Gasteiger partial charge in [0.1, 0.15) is 5.82 Å². The summed E-state index contributed by atoms with van der Waals surface area (Å²) in [6.45, 7) is 0. The van der Waals surface area contributed by atoms with E-state index in [2.05, 4.69) is 5.32 Å². The molecule has 1 aromatic rings. The van der Waals surface area contributed by atoms with Crippen molar-refractivity contribution >= 4 is 17.7 Å². The maximum Gasteiger partial charge on any atom is 0.253 e. The molecule has 2 aliphatic rings.